The molecule has 5 heteroatoms. The number of thioether (sulfide) groups is 1. The lowest BCUT2D eigenvalue weighted by molar-refractivity contribution is 0.661. The monoisotopic (exact) mass is 277 g/mol. The number of amidine groups is 1. The van der Waals surface area contributed by atoms with Gasteiger partial charge in [0.05, 0.1) is 21.8 Å². The number of nitrogens with zero attached hydrogens (tertiary/aromatic N) is 2. The van der Waals surface area contributed by atoms with Crippen molar-refractivity contribution in [2.24, 2.45) is 4.99 Å². The number of aromatic nitrogens is 1. The molecule has 2 aromatic rings. The number of nitrogens with one attached hydrogen (secondary N) is 1. The molecule has 0 saturated carbocycles. The van der Waals surface area contributed by atoms with Crippen LogP contribution in [0.15, 0.2) is 28.7 Å². The minimum Gasteiger partial charge on any atom is -0.335 e. The van der Waals surface area contributed by atoms with Crippen molar-refractivity contribution in [1.29, 1.82) is 0 Å². The Kier molecular flexibility index (Phi) is 3.26. The smallest absolute Gasteiger partial charge is 0.161 e. The Balaban J connectivity index is 1.83. The van der Waals surface area contributed by atoms with Gasteiger partial charge in [0.15, 0.2) is 5.17 Å². The molecule has 0 radical (unpaired) electrons. The Morgan fingerprint density at radius 2 is 2.22 bits per heavy atom. The van der Waals surface area contributed by atoms with Crippen LogP contribution < -0.4 is 5.32 Å². The molecule has 0 spiro atoms. The van der Waals surface area contributed by atoms with Crippen LogP contribution in [0.1, 0.15) is 20.3 Å². The highest BCUT2D eigenvalue weighted by Gasteiger charge is 2.18. The summed E-state index contributed by atoms with van der Waals surface area (Å²) in [5.74, 6) is 0. The number of hydrogen-bond acceptors (Lipinski definition) is 5. The lowest BCUT2D eigenvalue weighted by Gasteiger charge is -2.22. The van der Waals surface area contributed by atoms with Crippen LogP contribution in [-0.2, 0) is 0 Å². The number of aliphatic imine (C=N–C) groups is 1. The molecule has 0 saturated heterocycles. The molecule has 0 fully saturated rings. The number of benzene rings is 1. The van der Waals surface area contributed by atoms with Gasteiger partial charge in [-0.25, -0.2) is 4.98 Å². The van der Waals surface area contributed by atoms with Gasteiger partial charge in [0, 0.05) is 10.9 Å². The Hall–Kier alpha value is -1.07. The maximum atomic E-state index is 4.65. The highest BCUT2D eigenvalue weighted by atomic mass is 32.2. The molecule has 2 heterocycles. The Bertz CT molecular complexity index is 591. The second kappa shape index (κ2) is 4.90. The fourth-order valence-corrected chi connectivity index (χ4v) is 4.01. The minimum atomic E-state index is 0.413. The van der Waals surface area contributed by atoms with Crippen molar-refractivity contribution in [2.75, 3.05) is 5.32 Å². The highest BCUT2D eigenvalue weighted by Crippen LogP contribution is 2.27. The van der Waals surface area contributed by atoms with Gasteiger partial charge < -0.3 is 5.32 Å². The van der Waals surface area contributed by atoms with E-state index in [4.69, 9.17) is 0 Å². The van der Waals surface area contributed by atoms with Crippen molar-refractivity contribution < 1.29 is 0 Å². The lowest BCUT2D eigenvalue weighted by atomic mass is 10.2. The Labute approximate surface area is 115 Å². The zero-order valence-corrected chi connectivity index (χ0v) is 12.0. The van der Waals surface area contributed by atoms with Gasteiger partial charge in [0.1, 0.15) is 0 Å². The van der Waals surface area contributed by atoms with E-state index in [1.54, 1.807) is 11.3 Å². The SMILES string of the molecule is CC1CC(C)SC(Nc2ccc3ncsc3c2)=N1. The molecule has 1 aromatic carbocycles. The third-order valence-electron chi connectivity index (χ3n) is 2.91. The molecule has 1 aliphatic heterocycles. The first kappa shape index (κ1) is 12.0. The van der Waals surface area contributed by atoms with Crippen molar-refractivity contribution in [3.8, 4) is 0 Å². The van der Waals surface area contributed by atoms with E-state index in [9.17, 15) is 0 Å². The molecule has 94 valence electrons. The van der Waals surface area contributed by atoms with E-state index in [0.717, 1.165) is 22.8 Å². The molecule has 3 nitrogen and oxygen atoms in total. The lowest BCUT2D eigenvalue weighted by Crippen LogP contribution is -2.22. The first-order valence-corrected chi connectivity index (χ1v) is 7.81. The maximum absolute atomic E-state index is 4.65. The van der Waals surface area contributed by atoms with Gasteiger partial charge in [-0.05, 0) is 31.5 Å². The molecule has 2 unspecified atom stereocenters. The van der Waals surface area contributed by atoms with Gasteiger partial charge >= 0.3 is 0 Å². The average molecular weight is 277 g/mol. The summed E-state index contributed by atoms with van der Waals surface area (Å²) in [6.07, 6.45) is 1.16. The fraction of sp³-hybridized carbons (Fsp3) is 0.385. The van der Waals surface area contributed by atoms with Crippen molar-refractivity contribution >= 4 is 44.2 Å². The summed E-state index contributed by atoms with van der Waals surface area (Å²) in [6, 6.07) is 6.67. The quantitative estimate of drug-likeness (QED) is 0.856. The molecule has 1 aromatic heterocycles. The normalized spacial score (nSPS) is 24.0. The van der Waals surface area contributed by atoms with Crippen LogP contribution in [0.25, 0.3) is 10.2 Å². The first-order valence-electron chi connectivity index (χ1n) is 6.05. The molecule has 1 N–H and O–H groups in total. The van der Waals surface area contributed by atoms with E-state index in [-0.39, 0.29) is 0 Å². The molecular formula is C13H15N3S2. The van der Waals surface area contributed by atoms with Gasteiger partial charge in [0.2, 0.25) is 0 Å². The number of hydrogen-bond donors (Lipinski definition) is 1. The molecule has 1 aliphatic rings. The van der Waals surface area contributed by atoms with Gasteiger partial charge in [-0.15, -0.1) is 11.3 Å². The average Bonchev–Trinajstić information content (AvgIpc) is 2.74. The second-order valence-corrected chi connectivity index (χ2v) is 6.92. The van der Waals surface area contributed by atoms with Crippen LogP contribution in [0, 0.1) is 0 Å². The van der Waals surface area contributed by atoms with E-state index >= 15 is 0 Å². The highest BCUT2D eigenvalue weighted by molar-refractivity contribution is 8.14. The van der Waals surface area contributed by atoms with Gasteiger partial charge in [-0.1, -0.05) is 18.7 Å². The number of thiazole rings is 1. The number of fused-ring (bicyclic) bond motifs is 1. The predicted octanol–water partition coefficient (Wildman–Crippen LogP) is 3.98. The maximum Gasteiger partial charge on any atom is 0.161 e. The Morgan fingerprint density at radius 3 is 3.06 bits per heavy atom. The summed E-state index contributed by atoms with van der Waals surface area (Å²) >= 11 is 3.49. The number of rotatable bonds is 1. The van der Waals surface area contributed by atoms with Crippen molar-refractivity contribution in [2.45, 2.75) is 31.6 Å². The molecule has 2 atom stereocenters. The zero-order chi connectivity index (χ0) is 12.5. The van der Waals surface area contributed by atoms with E-state index < -0.39 is 0 Å². The van der Waals surface area contributed by atoms with Crippen LogP contribution in [0.2, 0.25) is 0 Å². The topological polar surface area (TPSA) is 37.3 Å². The standard InChI is InChI=1S/C13H15N3S2/c1-8-5-9(2)18-13(15-8)16-10-3-4-11-12(6-10)17-7-14-11/h3-4,6-9H,5H2,1-2H3,(H,15,16). The summed E-state index contributed by atoms with van der Waals surface area (Å²) in [4.78, 5) is 8.94. The number of anilines is 1. The summed E-state index contributed by atoms with van der Waals surface area (Å²) in [5.41, 5.74) is 4.04. The van der Waals surface area contributed by atoms with Crippen LogP contribution in [-0.4, -0.2) is 21.4 Å². The molecule has 0 aliphatic carbocycles. The Morgan fingerprint density at radius 1 is 1.33 bits per heavy atom. The summed E-state index contributed by atoms with van der Waals surface area (Å²) in [5, 5.41) is 5.08. The molecular weight excluding hydrogens is 262 g/mol. The molecule has 0 amide bonds. The van der Waals surface area contributed by atoms with E-state index in [1.807, 2.05) is 17.3 Å². The molecule has 0 bridgehead atoms. The predicted molar refractivity (Wildman–Crippen MR) is 81.8 cm³/mol. The summed E-state index contributed by atoms with van der Waals surface area (Å²) in [7, 11) is 0. The largest absolute Gasteiger partial charge is 0.335 e. The van der Waals surface area contributed by atoms with Gasteiger partial charge in [-0.2, -0.15) is 0 Å². The van der Waals surface area contributed by atoms with E-state index in [2.05, 4.69) is 47.3 Å². The summed E-state index contributed by atoms with van der Waals surface area (Å²) < 4.78 is 1.21. The van der Waals surface area contributed by atoms with E-state index in [1.165, 1.54) is 4.70 Å². The minimum absolute atomic E-state index is 0.413. The van der Waals surface area contributed by atoms with E-state index in [0.29, 0.717) is 11.3 Å². The van der Waals surface area contributed by atoms with Crippen LogP contribution >= 0.6 is 23.1 Å². The molecule has 18 heavy (non-hydrogen) atoms. The van der Waals surface area contributed by atoms with Gasteiger partial charge in [0.25, 0.3) is 0 Å². The second-order valence-electron chi connectivity index (χ2n) is 4.61. The van der Waals surface area contributed by atoms with Crippen molar-refractivity contribution in [1.82, 2.24) is 4.98 Å². The first-order chi connectivity index (χ1) is 8.70. The molecule has 3 rings (SSSR count). The van der Waals surface area contributed by atoms with Crippen molar-refractivity contribution in [3.05, 3.63) is 23.7 Å². The van der Waals surface area contributed by atoms with Crippen molar-refractivity contribution in [3.63, 3.8) is 0 Å². The third-order valence-corrected chi connectivity index (χ3v) is 4.72. The summed E-state index contributed by atoms with van der Waals surface area (Å²) in [6.45, 7) is 4.42. The zero-order valence-electron chi connectivity index (χ0n) is 10.4. The van der Waals surface area contributed by atoms with Crippen LogP contribution in [0.5, 0.6) is 0 Å². The van der Waals surface area contributed by atoms with Crippen LogP contribution in [0.4, 0.5) is 5.69 Å². The third kappa shape index (κ3) is 2.52. The van der Waals surface area contributed by atoms with Crippen LogP contribution in [0.3, 0.4) is 0 Å². The van der Waals surface area contributed by atoms with Gasteiger partial charge in [-0.3, -0.25) is 4.99 Å². The fourth-order valence-electron chi connectivity index (χ4n) is 2.12.